The third-order valence-corrected chi connectivity index (χ3v) is 5.77. The van der Waals surface area contributed by atoms with Gasteiger partial charge in [0.2, 0.25) is 0 Å². The van der Waals surface area contributed by atoms with Gasteiger partial charge >= 0.3 is 0 Å². The van der Waals surface area contributed by atoms with Crippen molar-refractivity contribution in [1.82, 2.24) is 0 Å². The average molecular weight is 192 g/mol. The fourth-order valence-electron chi connectivity index (χ4n) is 5.15. The Morgan fingerprint density at radius 2 is 1.79 bits per heavy atom. The van der Waals surface area contributed by atoms with Crippen LogP contribution in [-0.2, 0) is 0 Å². The molecule has 3 fully saturated rings. The molecule has 14 heavy (non-hydrogen) atoms. The molecule has 0 heteroatoms. The normalized spacial score (nSPS) is 51.0. The number of rotatable bonds is 3. The van der Waals surface area contributed by atoms with Crippen LogP contribution in [0.3, 0.4) is 0 Å². The van der Waals surface area contributed by atoms with Crippen LogP contribution in [-0.4, -0.2) is 0 Å². The summed E-state index contributed by atoms with van der Waals surface area (Å²) in [6, 6.07) is 0. The minimum Gasteiger partial charge on any atom is -0.0651 e. The minimum atomic E-state index is 0.918. The van der Waals surface area contributed by atoms with Gasteiger partial charge in [-0.2, -0.15) is 0 Å². The van der Waals surface area contributed by atoms with E-state index < -0.39 is 0 Å². The Labute approximate surface area is 88.5 Å². The molecular formula is C14H24. The number of hydrogen-bond acceptors (Lipinski definition) is 0. The summed E-state index contributed by atoms with van der Waals surface area (Å²) in [7, 11) is 0. The van der Waals surface area contributed by atoms with Gasteiger partial charge in [-0.25, -0.2) is 0 Å². The molecule has 3 aliphatic rings. The molecule has 0 aromatic rings. The Balaban J connectivity index is 1.73. The first kappa shape index (κ1) is 9.24. The van der Waals surface area contributed by atoms with Crippen LogP contribution in [0.1, 0.15) is 46.5 Å². The summed E-state index contributed by atoms with van der Waals surface area (Å²) in [6.45, 7) is 7.27. The Bertz CT molecular complexity index is 230. The molecule has 0 aromatic carbocycles. The van der Waals surface area contributed by atoms with Crippen LogP contribution < -0.4 is 0 Å². The van der Waals surface area contributed by atoms with Crippen molar-refractivity contribution in [2.75, 3.05) is 0 Å². The van der Waals surface area contributed by atoms with Gasteiger partial charge in [-0.15, -0.1) is 0 Å². The van der Waals surface area contributed by atoms with E-state index in [0.717, 1.165) is 17.8 Å². The summed E-state index contributed by atoms with van der Waals surface area (Å²) in [5, 5.41) is 0. The second kappa shape index (κ2) is 3.00. The minimum absolute atomic E-state index is 0.918. The van der Waals surface area contributed by atoms with Gasteiger partial charge in [0.05, 0.1) is 0 Å². The highest BCUT2D eigenvalue weighted by Crippen LogP contribution is 2.69. The van der Waals surface area contributed by atoms with E-state index in [1.165, 1.54) is 30.1 Å². The second-order valence-corrected chi connectivity index (χ2v) is 6.45. The van der Waals surface area contributed by atoms with Gasteiger partial charge in [-0.1, -0.05) is 27.2 Å². The molecule has 0 aromatic heterocycles. The van der Waals surface area contributed by atoms with Crippen molar-refractivity contribution in [3.05, 3.63) is 0 Å². The van der Waals surface area contributed by atoms with E-state index in [2.05, 4.69) is 20.8 Å². The quantitative estimate of drug-likeness (QED) is 0.635. The van der Waals surface area contributed by atoms with E-state index in [1.54, 1.807) is 19.3 Å². The highest BCUT2D eigenvalue weighted by atomic mass is 14.7. The molecule has 0 N–H and O–H groups in total. The highest BCUT2D eigenvalue weighted by molar-refractivity contribution is 5.10. The first-order valence-corrected chi connectivity index (χ1v) is 6.72. The number of hydrogen-bond donors (Lipinski definition) is 0. The predicted octanol–water partition coefficient (Wildman–Crippen LogP) is 3.96. The van der Waals surface area contributed by atoms with E-state index >= 15 is 0 Å². The lowest BCUT2D eigenvalue weighted by Crippen LogP contribution is -2.47. The van der Waals surface area contributed by atoms with E-state index in [4.69, 9.17) is 0 Å². The maximum absolute atomic E-state index is 2.44. The summed E-state index contributed by atoms with van der Waals surface area (Å²) in [4.78, 5) is 0. The van der Waals surface area contributed by atoms with Gasteiger partial charge in [0.25, 0.3) is 0 Å². The van der Waals surface area contributed by atoms with Crippen LogP contribution >= 0.6 is 0 Å². The highest BCUT2D eigenvalue weighted by Gasteiger charge is 2.62. The van der Waals surface area contributed by atoms with Crippen molar-refractivity contribution in [2.24, 2.45) is 41.4 Å². The zero-order chi connectivity index (χ0) is 9.87. The summed E-state index contributed by atoms with van der Waals surface area (Å²) in [5.41, 5.74) is 0. The predicted molar refractivity (Wildman–Crippen MR) is 59.9 cm³/mol. The van der Waals surface area contributed by atoms with Gasteiger partial charge in [-0.3, -0.25) is 0 Å². The molecule has 3 rings (SSSR count). The molecule has 0 heterocycles. The van der Waals surface area contributed by atoms with Crippen molar-refractivity contribution < 1.29 is 0 Å². The fourth-order valence-corrected chi connectivity index (χ4v) is 5.15. The largest absolute Gasteiger partial charge is 0.0651 e. The van der Waals surface area contributed by atoms with Crippen LogP contribution in [0.4, 0.5) is 0 Å². The Kier molecular flexibility index (Phi) is 1.98. The molecule has 0 amide bonds. The van der Waals surface area contributed by atoms with Gasteiger partial charge in [0.15, 0.2) is 0 Å². The Morgan fingerprint density at radius 1 is 1.07 bits per heavy atom. The molecule has 6 unspecified atom stereocenters. The zero-order valence-corrected chi connectivity index (χ0v) is 9.87. The third-order valence-electron chi connectivity index (χ3n) is 5.77. The first-order valence-electron chi connectivity index (χ1n) is 6.72. The lowest BCUT2D eigenvalue weighted by Gasteiger charge is -2.54. The van der Waals surface area contributed by atoms with Crippen LogP contribution in [0.5, 0.6) is 0 Å². The van der Waals surface area contributed by atoms with Crippen LogP contribution in [0.25, 0.3) is 0 Å². The average Bonchev–Trinajstić information content (AvgIpc) is 2.24. The van der Waals surface area contributed by atoms with Crippen LogP contribution in [0.2, 0.25) is 0 Å². The van der Waals surface area contributed by atoms with Crippen LogP contribution in [0.15, 0.2) is 0 Å². The zero-order valence-electron chi connectivity index (χ0n) is 9.87. The summed E-state index contributed by atoms with van der Waals surface area (Å²) >= 11 is 0. The van der Waals surface area contributed by atoms with Crippen LogP contribution in [0, 0.1) is 41.4 Å². The van der Waals surface area contributed by atoms with Crippen molar-refractivity contribution in [3.63, 3.8) is 0 Å². The molecule has 6 atom stereocenters. The molecule has 0 nitrogen and oxygen atoms in total. The molecule has 0 aliphatic heterocycles. The molecule has 0 saturated heterocycles. The topological polar surface area (TPSA) is 0 Å². The second-order valence-electron chi connectivity index (χ2n) is 6.45. The van der Waals surface area contributed by atoms with E-state index in [-0.39, 0.29) is 0 Å². The van der Waals surface area contributed by atoms with Crippen molar-refractivity contribution in [3.8, 4) is 0 Å². The maximum atomic E-state index is 2.44. The molecule has 0 radical (unpaired) electrons. The third kappa shape index (κ3) is 1.01. The smallest absolute Gasteiger partial charge is 0.0326 e. The molecule has 0 spiro atoms. The van der Waals surface area contributed by atoms with E-state index in [0.29, 0.717) is 0 Å². The lowest BCUT2D eigenvalue weighted by atomic mass is 9.51. The van der Waals surface area contributed by atoms with Gasteiger partial charge < -0.3 is 0 Å². The van der Waals surface area contributed by atoms with Crippen molar-refractivity contribution in [2.45, 2.75) is 46.5 Å². The SMILES string of the molecule is CCC(C(C)C)C1CC2CC3CC1C23. The fraction of sp³-hybridized carbons (Fsp3) is 1.00. The Hall–Kier alpha value is 0. The van der Waals surface area contributed by atoms with E-state index in [1.807, 2.05) is 0 Å². The molecule has 0 bridgehead atoms. The monoisotopic (exact) mass is 192 g/mol. The molecule has 3 saturated carbocycles. The lowest BCUT2D eigenvalue weighted by molar-refractivity contribution is -0.0557. The van der Waals surface area contributed by atoms with E-state index in [9.17, 15) is 0 Å². The summed E-state index contributed by atoms with van der Waals surface area (Å²) in [5.74, 6) is 7.83. The Morgan fingerprint density at radius 3 is 2.29 bits per heavy atom. The first-order chi connectivity index (χ1) is 6.72. The molecule has 80 valence electrons. The molecular weight excluding hydrogens is 168 g/mol. The molecule has 3 aliphatic carbocycles. The van der Waals surface area contributed by atoms with Gasteiger partial charge in [0, 0.05) is 0 Å². The standard InChI is InChI=1S/C14H24/c1-4-11(8(2)3)12-6-9-5-10-7-13(12)14(9)10/h8-14H,4-7H2,1-3H3. The van der Waals surface area contributed by atoms with Crippen molar-refractivity contribution in [1.29, 1.82) is 0 Å². The van der Waals surface area contributed by atoms with Gasteiger partial charge in [-0.05, 0) is 60.7 Å². The summed E-state index contributed by atoms with van der Waals surface area (Å²) < 4.78 is 0. The summed E-state index contributed by atoms with van der Waals surface area (Å²) in [6.07, 6.45) is 6.23. The van der Waals surface area contributed by atoms with Gasteiger partial charge in [0.1, 0.15) is 0 Å². The maximum Gasteiger partial charge on any atom is -0.0326 e. The van der Waals surface area contributed by atoms with Crippen molar-refractivity contribution >= 4 is 0 Å².